The van der Waals surface area contributed by atoms with Crippen LogP contribution in [0.5, 0.6) is 0 Å². The van der Waals surface area contributed by atoms with E-state index in [-0.39, 0.29) is 17.7 Å². The van der Waals surface area contributed by atoms with Gasteiger partial charge in [0.1, 0.15) is 5.69 Å². The van der Waals surface area contributed by atoms with Crippen LogP contribution in [-0.4, -0.2) is 49.6 Å². The molecule has 0 atom stereocenters. The number of nitrogens with zero attached hydrogens (tertiary/aromatic N) is 5. The summed E-state index contributed by atoms with van der Waals surface area (Å²) in [5.74, 6) is 0.790. The van der Waals surface area contributed by atoms with Crippen molar-refractivity contribution in [3.63, 3.8) is 0 Å². The topological polar surface area (TPSA) is 93.0 Å². The highest BCUT2D eigenvalue weighted by Crippen LogP contribution is 2.31. The number of hydrogen-bond donors (Lipinski definition) is 1. The number of pyridine rings is 1. The van der Waals surface area contributed by atoms with Gasteiger partial charge in [-0.3, -0.25) is 9.59 Å². The molecule has 1 N–H and O–H groups in total. The number of hydrogen-bond acceptors (Lipinski definition) is 6. The largest absolute Gasteiger partial charge is 0.343 e. The van der Waals surface area contributed by atoms with E-state index in [1.54, 1.807) is 22.3 Å². The summed E-state index contributed by atoms with van der Waals surface area (Å²) in [7, 11) is 0. The van der Waals surface area contributed by atoms with Crippen LogP contribution in [0.4, 0.5) is 5.69 Å². The van der Waals surface area contributed by atoms with Gasteiger partial charge in [0.25, 0.3) is 5.91 Å². The number of piperidine rings is 1. The number of anilines is 1. The number of thiazole rings is 1. The van der Waals surface area contributed by atoms with Crippen LogP contribution in [0.15, 0.2) is 41.9 Å². The number of likely N-dealkylation sites (tertiary alicyclic amines) is 1. The lowest BCUT2D eigenvalue weighted by Crippen LogP contribution is -2.37. The molecule has 1 saturated heterocycles. The highest BCUT2D eigenvalue weighted by Gasteiger charge is 2.26. The molecule has 4 rings (SSSR count). The molecule has 2 amide bonds. The van der Waals surface area contributed by atoms with E-state index in [1.807, 2.05) is 50.0 Å². The molecule has 3 aromatic rings. The SMILES string of the molecule is CC=CCCC(=O)N1CCC(c2nc(C(=O)Nc3cccnc3-n3nc(C)cc3C)cs2)CC1. The van der Waals surface area contributed by atoms with Gasteiger partial charge in [0.05, 0.1) is 16.4 Å². The first-order chi connectivity index (χ1) is 16.5. The van der Waals surface area contributed by atoms with Gasteiger partial charge in [0.15, 0.2) is 5.82 Å². The zero-order valence-electron chi connectivity index (χ0n) is 19.8. The summed E-state index contributed by atoms with van der Waals surface area (Å²) in [6, 6.07) is 5.56. The summed E-state index contributed by atoms with van der Waals surface area (Å²) in [4.78, 5) is 36.3. The number of amides is 2. The van der Waals surface area contributed by atoms with E-state index in [4.69, 9.17) is 0 Å². The molecule has 1 aliphatic rings. The summed E-state index contributed by atoms with van der Waals surface area (Å²) in [6.07, 6.45) is 8.77. The second-order valence-electron chi connectivity index (χ2n) is 8.50. The Kier molecular flexibility index (Phi) is 7.52. The molecule has 8 nitrogen and oxygen atoms in total. The van der Waals surface area contributed by atoms with E-state index < -0.39 is 0 Å². The Hall–Kier alpha value is -3.33. The molecule has 1 fully saturated rings. The Morgan fingerprint density at radius 2 is 2.06 bits per heavy atom. The Labute approximate surface area is 203 Å². The van der Waals surface area contributed by atoms with Crippen LogP contribution in [0.2, 0.25) is 0 Å². The number of aryl methyl sites for hydroxylation is 2. The van der Waals surface area contributed by atoms with Crippen LogP contribution in [0.3, 0.4) is 0 Å². The van der Waals surface area contributed by atoms with E-state index in [9.17, 15) is 9.59 Å². The minimum absolute atomic E-state index is 0.214. The van der Waals surface area contributed by atoms with E-state index in [1.165, 1.54) is 11.3 Å². The molecule has 0 spiro atoms. The monoisotopic (exact) mass is 478 g/mol. The van der Waals surface area contributed by atoms with E-state index in [0.717, 1.165) is 48.7 Å². The molecule has 0 radical (unpaired) electrons. The van der Waals surface area contributed by atoms with Crippen molar-refractivity contribution < 1.29 is 9.59 Å². The fourth-order valence-corrected chi connectivity index (χ4v) is 5.15. The third-order valence-electron chi connectivity index (χ3n) is 5.96. The van der Waals surface area contributed by atoms with Crippen LogP contribution < -0.4 is 5.32 Å². The van der Waals surface area contributed by atoms with Gasteiger partial charge in [-0.25, -0.2) is 14.6 Å². The van der Waals surface area contributed by atoms with Gasteiger partial charge >= 0.3 is 0 Å². The zero-order valence-corrected chi connectivity index (χ0v) is 20.6. The molecule has 34 heavy (non-hydrogen) atoms. The standard InChI is InChI=1S/C25H30N6O2S/c1-4-5-6-9-22(32)30-13-10-19(11-14-30)25-28-21(16-34-25)24(33)27-20-8-7-12-26-23(20)31-18(3)15-17(2)29-31/h4-5,7-8,12,15-16,19H,6,9-11,13-14H2,1-3H3,(H,27,33). The summed E-state index contributed by atoms with van der Waals surface area (Å²) in [5, 5.41) is 10.2. The lowest BCUT2D eigenvalue weighted by atomic mass is 9.97. The number of nitrogens with one attached hydrogen (secondary N) is 1. The van der Waals surface area contributed by atoms with Crippen LogP contribution in [0, 0.1) is 13.8 Å². The maximum absolute atomic E-state index is 13.0. The van der Waals surface area contributed by atoms with E-state index in [2.05, 4.69) is 20.4 Å². The summed E-state index contributed by atoms with van der Waals surface area (Å²) in [5.41, 5.74) is 2.80. The maximum atomic E-state index is 13.0. The first-order valence-electron chi connectivity index (χ1n) is 11.6. The molecule has 4 heterocycles. The molecule has 178 valence electrons. The Morgan fingerprint density at radius 3 is 2.76 bits per heavy atom. The van der Waals surface area contributed by atoms with Gasteiger partial charge in [-0.15, -0.1) is 11.3 Å². The predicted octanol–water partition coefficient (Wildman–Crippen LogP) is 4.66. The molecule has 0 saturated carbocycles. The van der Waals surface area contributed by atoms with Gasteiger partial charge in [-0.1, -0.05) is 12.2 Å². The molecule has 1 aliphatic heterocycles. The summed E-state index contributed by atoms with van der Waals surface area (Å²) < 4.78 is 1.73. The Bertz CT molecular complexity index is 1190. The fraction of sp³-hybridized carbons (Fsp3) is 0.400. The molecule has 0 bridgehead atoms. The molecular formula is C25H30N6O2S. The van der Waals surface area contributed by atoms with Crippen molar-refractivity contribution in [3.05, 3.63) is 64.0 Å². The number of carbonyl (C=O) groups excluding carboxylic acids is 2. The normalized spacial score (nSPS) is 14.6. The lowest BCUT2D eigenvalue weighted by Gasteiger charge is -2.31. The first-order valence-corrected chi connectivity index (χ1v) is 12.5. The summed E-state index contributed by atoms with van der Waals surface area (Å²) >= 11 is 1.51. The molecule has 0 aliphatic carbocycles. The number of allylic oxidation sites excluding steroid dienone is 2. The molecule has 0 unspecified atom stereocenters. The van der Waals surface area contributed by atoms with Crippen molar-refractivity contribution >= 4 is 28.8 Å². The third-order valence-corrected chi connectivity index (χ3v) is 6.96. The second kappa shape index (κ2) is 10.7. The average Bonchev–Trinajstić information content (AvgIpc) is 3.46. The first kappa shape index (κ1) is 23.8. The molecule has 9 heteroatoms. The van der Waals surface area contributed by atoms with Crippen LogP contribution in [0.1, 0.15) is 65.4 Å². The van der Waals surface area contributed by atoms with Gasteiger partial charge in [0, 0.05) is 42.7 Å². The molecule has 0 aromatic carbocycles. The van der Waals surface area contributed by atoms with Gasteiger partial charge in [0.2, 0.25) is 5.91 Å². The van der Waals surface area contributed by atoms with Gasteiger partial charge < -0.3 is 10.2 Å². The smallest absolute Gasteiger partial charge is 0.275 e. The number of aromatic nitrogens is 4. The van der Waals surface area contributed by atoms with Crippen LogP contribution >= 0.6 is 11.3 Å². The maximum Gasteiger partial charge on any atom is 0.275 e. The van der Waals surface area contributed by atoms with Crippen LogP contribution in [-0.2, 0) is 4.79 Å². The van der Waals surface area contributed by atoms with Crippen molar-refractivity contribution in [2.45, 2.75) is 52.4 Å². The fourth-order valence-electron chi connectivity index (χ4n) is 4.18. The van der Waals surface area contributed by atoms with Crippen LogP contribution in [0.25, 0.3) is 5.82 Å². The highest BCUT2D eigenvalue weighted by atomic mass is 32.1. The minimum Gasteiger partial charge on any atom is -0.343 e. The van der Waals surface area contributed by atoms with Gasteiger partial charge in [-0.2, -0.15) is 5.10 Å². The molecule has 3 aromatic heterocycles. The molecular weight excluding hydrogens is 448 g/mol. The number of carbonyl (C=O) groups is 2. The van der Waals surface area contributed by atoms with Gasteiger partial charge in [-0.05, 0) is 58.2 Å². The predicted molar refractivity (Wildman–Crippen MR) is 134 cm³/mol. The van der Waals surface area contributed by atoms with E-state index >= 15 is 0 Å². The quantitative estimate of drug-likeness (QED) is 0.499. The van der Waals surface area contributed by atoms with E-state index in [0.29, 0.717) is 23.6 Å². The Balaban J connectivity index is 1.39. The minimum atomic E-state index is -0.269. The second-order valence-corrected chi connectivity index (χ2v) is 9.39. The Morgan fingerprint density at radius 1 is 1.26 bits per heavy atom. The van der Waals surface area contributed by atoms with Crippen molar-refractivity contribution in [3.8, 4) is 5.82 Å². The van der Waals surface area contributed by atoms with Crippen molar-refractivity contribution in [2.75, 3.05) is 18.4 Å². The lowest BCUT2D eigenvalue weighted by molar-refractivity contribution is -0.132. The zero-order chi connectivity index (χ0) is 24.1. The summed E-state index contributed by atoms with van der Waals surface area (Å²) in [6.45, 7) is 7.32. The average molecular weight is 479 g/mol. The third kappa shape index (κ3) is 5.41. The van der Waals surface area contributed by atoms with Crippen molar-refractivity contribution in [1.29, 1.82) is 0 Å². The number of rotatable bonds is 7. The van der Waals surface area contributed by atoms with Crippen molar-refractivity contribution in [1.82, 2.24) is 24.6 Å². The van der Waals surface area contributed by atoms with Crippen molar-refractivity contribution in [2.24, 2.45) is 0 Å². The highest BCUT2D eigenvalue weighted by molar-refractivity contribution is 7.10.